The molecule has 1 atom stereocenters. The number of hydrogen-bond donors (Lipinski definition) is 1. The van der Waals surface area contributed by atoms with Crippen LogP contribution in [0.25, 0.3) is 0 Å². The van der Waals surface area contributed by atoms with Gasteiger partial charge in [0.2, 0.25) is 11.8 Å². The van der Waals surface area contributed by atoms with Crippen LogP contribution >= 0.6 is 34.8 Å². The number of rotatable bonds is 12. The summed E-state index contributed by atoms with van der Waals surface area (Å²) in [4.78, 5) is 28.3. The van der Waals surface area contributed by atoms with Gasteiger partial charge in [0.15, 0.2) is 0 Å². The van der Waals surface area contributed by atoms with Crippen LogP contribution in [-0.4, -0.2) is 44.3 Å². The number of unbranched alkanes of at least 4 members (excludes halogenated alkanes) is 1. The first-order chi connectivity index (χ1) is 18.9. The second-order valence-corrected chi connectivity index (χ2v) is 12.5. The van der Waals surface area contributed by atoms with Gasteiger partial charge >= 0.3 is 0 Å². The molecule has 0 saturated carbocycles. The Balaban J connectivity index is 2.01. The quantitative estimate of drug-likeness (QED) is 0.234. The average molecular weight is 625 g/mol. The molecular weight excluding hydrogens is 593 g/mol. The third-order valence-electron chi connectivity index (χ3n) is 6.34. The smallest absolute Gasteiger partial charge is 0.264 e. The summed E-state index contributed by atoms with van der Waals surface area (Å²) in [5.74, 6) is -0.911. The normalized spacial score (nSPS) is 12.1. The second kappa shape index (κ2) is 14.2. The Bertz CT molecular complexity index is 1430. The van der Waals surface area contributed by atoms with E-state index in [0.717, 1.165) is 22.7 Å². The summed E-state index contributed by atoms with van der Waals surface area (Å²) in [6, 6.07) is 16.6. The van der Waals surface area contributed by atoms with Gasteiger partial charge in [-0.15, -0.1) is 0 Å². The van der Waals surface area contributed by atoms with Gasteiger partial charge < -0.3 is 10.2 Å². The van der Waals surface area contributed by atoms with Crippen molar-refractivity contribution < 1.29 is 18.0 Å². The van der Waals surface area contributed by atoms with E-state index in [-0.39, 0.29) is 17.3 Å². The number of nitrogens with zero attached hydrogens (tertiary/aromatic N) is 2. The standard InChI is InChI=1S/C29H32Cl3N3O4S/c1-4-5-16-33-29(37)21(3)34(18-22-8-15-26(31)27(32)17-22)28(36)19-35(24-11-6-20(2)7-12-24)40(38,39)25-13-9-23(30)10-14-25/h6-15,17,21H,4-5,16,18-19H2,1-3H3,(H,33,37)/t21-/m1/s1. The van der Waals surface area contributed by atoms with E-state index in [1.54, 1.807) is 49.4 Å². The van der Waals surface area contributed by atoms with Crippen LogP contribution in [0.4, 0.5) is 5.69 Å². The average Bonchev–Trinajstić information content (AvgIpc) is 2.92. The van der Waals surface area contributed by atoms with Crippen molar-refractivity contribution in [1.29, 1.82) is 0 Å². The van der Waals surface area contributed by atoms with Crippen molar-refractivity contribution in [1.82, 2.24) is 10.2 Å². The van der Waals surface area contributed by atoms with Crippen molar-refractivity contribution in [3.05, 3.63) is 92.9 Å². The van der Waals surface area contributed by atoms with Crippen LogP contribution < -0.4 is 9.62 Å². The van der Waals surface area contributed by atoms with Gasteiger partial charge in [0.05, 0.1) is 20.6 Å². The molecule has 0 saturated heterocycles. The molecule has 0 spiro atoms. The molecule has 0 aliphatic rings. The molecule has 214 valence electrons. The highest BCUT2D eigenvalue weighted by Crippen LogP contribution is 2.27. The largest absolute Gasteiger partial charge is 0.354 e. The van der Waals surface area contributed by atoms with Crippen LogP contribution in [0.5, 0.6) is 0 Å². The predicted octanol–water partition coefficient (Wildman–Crippen LogP) is 6.48. The first-order valence-corrected chi connectivity index (χ1v) is 15.4. The monoisotopic (exact) mass is 623 g/mol. The summed E-state index contributed by atoms with van der Waals surface area (Å²) in [6.07, 6.45) is 1.69. The lowest BCUT2D eigenvalue weighted by Gasteiger charge is -2.32. The molecular formula is C29H32Cl3N3O4S. The number of carbonyl (C=O) groups excluding carboxylic acids is 2. The Morgan fingerprint density at radius 1 is 0.925 bits per heavy atom. The zero-order valence-corrected chi connectivity index (χ0v) is 25.6. The highest BCUT2D eigenvalue weighted by atomic mass is 35.5. The summed E-state index contributed by atoms with van der Waals surface area (Å²) < 4.78 is 28.7. The van der Waals surface area contributed by atoms with Crippen molar-refractivity contribution in [2.45, 2.75) is 51.1 Å². The molecule has 0 unspecified atom stereocenters. The van der Waals surface area contributed by atoms with E-state index in [2.05, 4.69) is 5.32 Å². The topological polar surface area (TPSA) is 86.8 Å². The van der Waals surface area contributed by atoms with Crippen LogP contribution in [-0.2, 0) is 26.2 Å². The lowest BCUT2D eigenvalue weighted by atomic mass is 10.1. The number of sulfonamides is 1. The second-order valence-electron chi connectivity index (χ2n) is 9.39. The molecule has 0 bridgehead atoms. The Kier molecular flexibility index (Phi) is 11.3. The van der Waals surface area contributed by atoms with E-state index in [0.29, 0.717) is 32.9 Å². The molecule has 1 N–H and O–H groups in total. The Labute approximate surface area is 251 Å². The minimum absolute atomic E-state index is 0.0147. The zero-order valence-electron chi connectivity index (χ0n) is 22.5. The lowest BCUT2D eigenvalue weighted by Crippen LogP contribution is -2.51. The van der Waals surface area contributed by atoms with Gasteiger partial charge in [-0.2, -0.15) is 0 Å². The first-order valence-electron chi connectivity index (χ1n) is 12.8. The van der Waals surface area contributed by atoms with Crippen LogP contribution in [0.15, 0.2) is 71.6 Å². The van der Waals surface area contributed by atoms with Gasteiger partial charge in [0.1, 0.15) is 12.6 Å². The summed E-state index contributed by atoms with van der Waals surface area (Å²) in [5.41, 5.74) is 1.87. The molecule has 0 aliphatic carbocycles. The number of amides is 2. The van der Waals surface area contributed by atoms with Gasteiger partial charge in [-0.05, 0) is 74.4 Å². The van der Waals surface area contributed by atoms with Gasteiger partial charge in [0, 0.05) is 18.1 Å². The number of aryl methyl sites for hydroxylation is 1. The van der Waals surface area contributed by atoms with E-state index >= 15 is 0 Å². The number of halogens is 3. The molecule has 11 heteroatoms. The molecule has 0 aromatic heterocycles. The van der Waals surface area contributed by atoms with Crippen molar-refractivity contribution in [2.24, 2.45) is 0 Å². The molecule has 3 rings (SSSR count). The van der Waals surface area contributed by atoms with E-state index < -0.39 is 28.5 Å². The maximum Gasteiger partial charge on any atom is 0.264 e. The number of anilines is 1. The van der Waals surface area contributed by atoms with Crippen LogP contribution in [0, 0.1) is 6.92 Å². The van der Waals surface area contributed by atoms with Gasteiger partial charge in [-0.1, -0.05) is 71.9 Å². The number of carbonyl (C=O) groups is 2. The number of nitrogens with one attached hydrogen (secondary N) is 1. The van der Waals surface area contributed by atoms with E-state index in [4.69, 9.17) is 34.8 Å². The van der Waals surface area contributed by atoms with Crippen LogP contribution in [0.1, 0.15) is 37.8 Å². The molecule has 0 radical (unpaired) electrons. The fraction of sp³-hybridized carbons (Fsp3) is 0.310. The third kappa shape index (κ3) is 8.13. The minimum atomic E-state index is -4.17. The highest BCUT2D eigenvalue weighted by Gasteiger charge is 2.32. The van der Waals surface area contributed by atoms with Crippen LogP contribution in [0.2, 0.25) is 15.1 Å². The molecule has 7 nitrogen and oxygen atoms in total. The molecule has 0 fully saturated rings. The summed E-state index contributed by atoms with van der Waals surface area (Å²) in [5, 5.41) is 3.89. The van der Waals surface area contributed by atoms with Crippen molar-refractivity contribution >= 4 is 62.3 Å². The van der Waals surface area contributed by atoms with Gasteiger partial charge in [0.25, 0.3) is 10.0 Å². The van der Waals surface area contributed by atoms with E-state index in [1.807, 2.05) is 13.8 Å². The zero-order chi connectivity index (χ0) is 29.4. The summed E-state index contributed by atoms with van der Waals surface area (Å²) in [6.45, 7) is 5.44. The van der Waals surface area contributed by atoms with Crippen molar-refractivity contribution in [2.75, 3.05) is 17.4 Å². The minimum Gasteiger partial charge on any atom is -0.354 e. The fourth-order valence-electron chi connectivity index (χ4n) is 3.93. The number of hydrogen-bond acceptors (Lipinski definition) is 4. The van der Waals surface area contributed by atoms with Gasteiger partial charge in [-0.3, -0.25) is 13.9 Å². The van der Waals surface area contributed by atoms with Crippen molar-refractivity contribution in [3.63, 3.8) is 0 Å². The molecule has 2 amide bonds. The Morgan fingerprint density at radius 2 is 1.57 bits per heavy atom. The number of benzene rings is 3. The fourth-order valence-corrected chi connectivity index (χ4v) is 5.79. The van der Waals surface area contributed by atoms with Crippen LogP contribution in [0.3, 0.4) is 0 Å². The van der Waals surface area contributed by atoms with Gasteiger partial charge in [-0.25, -0.2) is 8.42 Å². The molecule has 40 heavy (non-hydrogen) atoms. The van der Waals surface area contributed by atoms with E-state index in [1.165, 1.54) is 29.2 Å². The summed E-state index contributed by atoms with van der Waals surface area (Å²) >= 11 is 18.3. The molecule has 0 aliphatic heterocycles. The SMILES string of the molecule is CCCCNC(=O)[C@@H](C)N(Cc1ccc(Cl)c(Cl)c1)C(=O)CN(c1ccc(C)cc1)S(=O)(=O)c1ccc(Cl)cc1. The molecule has 0 heterocycles. The third-order valence-corrected chi connectivity index (χ3v) is 9.12. The maximum atomic E-state index is 13.9. The maximum absolute atomic E-state index is 13.9. The molecule has 3 aromatic carbocycles. The summed E-state index contributed by atoms with van der Waals surface area (Å²) in [7, 11) is -4.17. The highest BCUT2D eigenvalue weighted by molar-refractivity contribution is 7.92. The van der Waals surface area contributed by atoms with Crippen molar-refractivity contribution in [3.8, 4) is 0 Å². The Hall–Kier alpha value is -2.78. The van der Waals surface area contributed by atoms with E-state index in [9.17, 15) is 18.0 Å². The lowest BCUT2D eigenvalue weighted by molar-refractivity contribution is -0.139. The first kappa shape index (κ1) is 31.7. The predicted molar refractivity (Wildman–Crippen MR) is 162 cm³/mol. The molecule has 3 aromatic rings. The Morgan fingerprint density at radius 3 is 2.17 bits per heavy atom.